The van der Waals surface area contributed by atoms with Gasteiger partial charge in [0.2, 0.25) is 0 Å². The van der Waals surface area contributed by atoms with E-state index in [1.807, 2.05) is 6.92 Å². The van der Waals surface area contributed by atoms with Crippen LogP contribution in [-0.2, 0) is 0 Å². The second-order valence-corrected chi connectivity index (χ2v) is 6.39. The maximum Gasteiger partial charge on any atom is 0.260 e. The Morgan fingerprint density at radius 2 is 1.95 bits per heavy atom. The molecule has 2 aromatic heterocycles. The maximum absolute atomic E-state index is 11.4. The summed E-state index contributed by atoms with van der Waals surface area (Å²) in [7, 11) is 0. The number of aromatic nitrogens is 2. The van der Waals surface area contributed by atoms with Crippen LogP contribution >= 0.6 is 11.3 Å². The van der Waals surface area contributed by atoms with E-state index in [9.17, 15) is 4.79 Å². The van der Waals surface area contributed by atoms with E-state index in [0.29, 0.717) is 16.5 Å². The van der Waals surface area contributed by atoms with E-state index in [4.69, 9.17) is 11.5 Å². The molecule has 0 saturated heterocycles. The van der Waals surface area contributed by atoms with E-state index < -0.39 is 5.91 Å². The molecule has 1 saturated carbocycles. The lowest BCUT2D eigenvalue weighted by Crippen LogP contribution is -2.11. The topological polar surface area (TPSA) is 94.9 Å². The molecule has 4 N–H and O–H groups in total. The van der Waals surface area contributed by atoms with Gasteiger partial charge in [-0.1, -0.05) is 19.3 Å². The molecule has 0 atom stereocenters. The van der Waals surface area contributed by atoms with Crippen molar-refractivity contribution >= 4 is 33.1 Å². The molecule has 0 unspecified atom stereocenters. The summed E-state index contributed by atoms with van der Waals surface area (Å²) in [6, 6.07) is 0. The molecule has 1 fully saturated rings. The molecule has 0 bridgehead atoms. The van der Waals surface area contributed by atoms with Gasteiger partial charge >= 0.3 is 0 Å². The number of nitrogens with two attached hydrogens (primary N) is 2. The molecule has 0 radical (unpaired) electrons. The zero-order valence-electron chi connectivity index (χ0n) is 11.5. The molecule has 1 aliphatic rings. The molecule has 106 valence electrons. The molecular weight excluding hydrogens is 272 g/mol. The standard InChI is InChI=1S/C14H18N4OS/c1-7-9-10(15)11(12(16)19)20-14(9)18-13(17-7)8-5-3-2-4-6-8/h8H,2-6,15H2,1H3,(H2,16,19). The second kappa shape index (κ2) is 5.01. The van der Waals surface area contributed by atoms with Gasteiger partial charge in [-0.2, -0.15) is 0 Å². The highest BCUT2D eigenvalue weighted by atomic mass is 32.1. The predicted molar refractivity (Wildman–Crippen MR) is 80.9 cm³/mol. The van der Waals surface area contributed by atoms with Gasteiger partial charge in [0.15, 0.2) is 0 Å². The molecule has 0 aromatic carbocycles. The number of anilines is 1. The van der Waals surface area contributed by atoms with Crippen LogP contribution in [0.4, 0.5) is 5.69 Å². The molecule has 0 spiro atoms. The number of primary amides is 1. The number of amides is 1. The molecule has 0 aliphatic heterocycles. The largest absolute Gasteiger partial charge is 0.397 e. The summed E-state index contributed by atoms with van der Waals surface area (Å²) in [6.45, 7) is 1.92. The maximum atomic E-state index is 11.4. The fourth-order valence-electron chi connectivity index (χ4n) is 2.94. The lowest BCUT2D eigenvalue weighted by Gasteiger charge is -2.20. The van der Waals surface area contributed by atoms with E-state index in [-0.39, 0.29) is 0 Å². The predicted octanol–water partition coefficient (Wildman–Crippen LogP) is 2.73. The van der Waals surface area contributed by atoms with Gasteiger partial charge in [-0.25, -0.2) is 9.97 Å². The van der Waals surface area contributed by atoms with Gasteiger partial charge in [0.25, 0.3) is 5.91 Å². The minimum absolute atomic E-state index is 0.387. The van der Waals surface area contributed by atoms with Crippen LogP contribution in [0, 0.1) is 6.92 Å². The van der Waals surface area contributed by atoms with Gasteiger partial charge < -0.3 is 11.5 Å². The Kier molecular flexibility index (Phi) is 3.33. The number of carbonyl (C=O) groups is 1. The summed E-state index contributed by atoms with van der Waals surface area (Å²) >= 11 is 1.27. The summed E-state index contributed by atoms with van der Waals surface area (Å²) in [5, 5.41) is 0.781. The molecule has 3 rings (SSSR count). The highest BCUT2D eigenvalue weighted by Crippen LogP contribution is 2.37. The molecule has 1 amide bonds. The summed E-state index contributed by atoms with van der Waals surface area (Å²) in [5.41, 5.74) is 12.6. The summed E-state index contributed by atoms with van der Waals surface area (Å²) < 4.78 is 0. The van der Waals surface area contributed by atoms with Gasteiger partial charge in [-0.3, -0.25) is 4.79 Å². The van der Waals surface area contributed by atoms with Gasteiger partial charge in [0.05, 0.1) is 16.8 Å². The SMILES string of the molecule is Cc1nc(C2CCCCC2)nc2sc(C(N)=O)c(N)c12. The fourth-order valence-corrected chi connectivity index (χ4v) is 3.95. The van der Waals surface area contributed by atoms with Crippen molar-refractivity contribution in [3.05, 3.63) is 16.4 Å². The molecule has 2 heterocycles. The molecule has 1 aliphatic carbocycles. The van der Waals surface area contributed by atoms with Crippen LogP contribution in [0.15, 0.2) is 0 Å². The fraction of sp³-hybridized carbons (Fsp3) is 0.500. The van der Waals surface area contributed by atoms with E-state index in [0.717, 1.165) is 34.6 Å². The summed E-state index contributed by atoms with van der Waals surface area (Å²) in [6.07, 6.45) is 6.08. The van der Waals surface area contributed by atoms with Crippen LogP contribution in [0.5, 0.6) is 0 Å². The lowest BCUT2D eigenvalue weighted by atomic mass is 9.88. The number of carbonyl (C=O) groups excluding carboxylic acids is 1. The van der Waals surface area contributed by atoms with Crippen LogP contribution < -0.4 is 11.5 Å². The normalized spacial score (nSPS) is 16.6. The monoisotopic (exact) mass is 290 g/mol. The van der Waals surface area contributed by atoms with Crippen LogP contribution in [0.1, 0.15) is 59.2 Å². The van der Waals surface area contributed by atoms with Crippen molar-refractivity contribution in [1.82, 2.24) is 9.97 Å². The van der Waals surface area contributed by atoms with Gasteiger partial charge in [0.1, 0.15) is 15.5 Å². The van der Waals surface area contributed by atoms with Crippen LogP contribution in [0.2, 0.25) is 0 Å². The van der Waals surface area contributed by atoms with E-state index in [2.05, 4.69) is 9.97 Å². The van der Waals surface area contributed by atoms with Crippen LogP contribution in [0.3, 0.4) is 0 Å². The first-order valence-electron chi connectivity index (χ1n) is 6.94. The third-order valence-electron chi connectivity index (χ3n) is 3.98. The second-order valence-electron chi connectivity index (χ2n) is 5.39. The minimum atomic E-state index is -0.496. The van der Waals surface area contributed by atoms with Crippen molar-refractivity contribution in [3.8, 4) is 0 Å². The van der Waals surface area contributed by atoms with E-state index >= 15 is 0 Å². The summed E-state index contributed by atoms with van der Waals surface area (Å²) in [4.78, 5) is 21.8. The Labute approximate surface area is 121 Å². The van der Waals surface area contributed by atoms with E-state index in [1.165, 1.54) is 30.6 Å². The van der Waals surface area contributed by atoms with E-state index in [1.54, 1.807) is 0 Å². The quantitative estimate of drug-likeness (QED) is 0.889. The first-order valence-corrected chi connectivity index (χ1v) is 7.76. The number of aryl methyl sites for hydroxylation is 1. The van der Waals surface area contributed by atoms with Crippen molar-refractivity contribution < 1.29 is 4.79 Å². The highest BCUT2D eigenvalue weighted by molar-refractivity contribution is 7.21. The van der Waals surface area contributed by atoms with Gasteiger partial charge in [-0.05, 0) is 19.8 Å². The number of rotatable bonds is 2. The Morgan fingerprint density at radius 3 is 2.60 bits per heavy atom. The third-order valence-corrected chi connectivity index (χ3v) is 5.09. The Balaban J connectivity index is 2.11. The van der Waals surface area contributed by atoms with Crippen molar-refractivity contribution in [1.29, 1.82) is 0 Å². The first kappa shape index (κ1) is 13.3. The van der Waals surface area contributed by atoms with Crippen molar-refractivity contribution in [3.63, 3.8) is 0 Å². The lowest BCUT2D eigenvalue weighted by molar-refractivity contribution is 0.100. The number of nitrogen functional groups attached to an aromatic ring is 1. The average molecular weight is 290 g/mol. The molecule has 6 heteroatoms. The zero-order valence-corrected chi connectivity index (χ0v) is 12.3. The molecule has 2 aromatic rings. The van der Waals surface area contributed by atoms with Crippen molar-refractivity contribution in [2.45, 2.75) is 44.9 Å². The highest BCUT2D eigenvalue weighted by Gasteiger charge is 2.22. The molecule has 20 heavy (non-hydrogen) atoms. The zero-order chi connectivity index (χ0) is 14.3. The summed E-state index contributed by atoms with van der Waals surface area (Å²) in [5.74, 6) is 0.836. The average Bonchev–Trinajstić information content (AvgIpc) is 2.77. The minimum Gasteiger partial charge on any atom is -0.397 e. The number of hydrogen-bond donors (Lipinski definition) is 2. The Hall–Kier alpha value is -1.69. The number of hydrogen-bond acceptors (Lipinski definition) is 5. The number of fused-ring (bicyclic) bond motifs is 1. The first-order chi connectivity index (χ1) is 9.58. The molecular formula is C14H18N4OS. The molecule has 5 nitrogen and oxygen atoms in total. The smallest absolute Gasteiger partial charge is 0.260 e. The van der Waals surface area contributed by atoms with Gasteiger partial charge in [0, 0.05) is 5.92 Å². The Morgan fingerprint density at radius 1 is 1.25 bits per heavy atom. The number of nitrogens with zero attached hydrogens (tertiary/aromatic N) is 2. The third kappa shape index (κ3) is 2.14. The number of thiophene rings is 1. The van der Waals surface area contributed by atoms with Crippen molar-refractivity contribution in [2.75, 3.05) is 5.73 Å². The van der Waals surface area contributed by atoms with Gasteiger partial charge in [-0.15, -0.1) is 11.3 Å². The van der Waals surface area contributed by atoms with Crippen LogP contribution in [0.25, 0.3) is 10.2 Å². The van der Waals surface area contributed by atoms with Crippen molar-refractivity contribution in [2.24, 2.45) is 5.73 Å². The Bertz CT molecular complexity index is 673. The van der Waals surface area contributed by atoms with Crippen LogP contribution in [-0.4, -0.2) is 15.9 Å².